The van der Waals surface area contributed by atoms with Crippen LogP contribution < -0.4 is 0 Å². The lowest BCUT2D eigenvalue weighted by Crippen LogP contribution is -1.95. The zero-order valence-electron chi connectivity index (χ0n) is 11.8. The summed E-state index contributed by atoms with van der Waals surface area (Å²) in [6.45, 7) is 2.12. The maximum atomic E-state index is 10.5. The van der Waals surface area contributed by atoms with Gasteiger partial charge in [0, 0.05) is 6.42 Å². The van der Waals surface area contributed by atoms with E-state index in [4.69, 9.17) is 5.11 Å². The van der Waals surface area contributed by atoms with Crippen LogP contribution in [-0.2, 0) is 11.2 Å². The van der Waals surface area contributed by atoms with Crippen molar-refractivity contribution in [2.24, 2.45) is 0 Å². The molecule has 20 heavy (non-hydrogen) atoms. The second-order valence-electron chi connectivity index (χ2n) is 5.12. The Labute approximate surface area is 120 Å². The van der Waals surface area contributed by atoms with Crippen molar-refractivity contribution in [3.8, 4) is 11.1 Å². The van der Waals surface area contributed by atoms with E-state index in [2.05, 4.69) is 55.5 Å². The van der Waals surface area contributed by atoms with E-state index in [1.807, 2.05) is 0 Å². The number of carbonyl (C=O) groups is 1. The molecule has 0 aliphatic heterocycles. The second kappa shape index (κ2) is 6.90. The van der Waals surface area contributed by atoms with Crippen molar-refractivity contribution in [1.82, 2.24) is 0 Å². The molecule has 0 radical (unpaired) electrons. The first kappa shape index (κ1) is 14.3. The third-order valence-corrected chi connectivity index (χ3v) is 3.49. The SMILES string of the molecule is Cc1ccccc1-c1cccc(CCCCC(=O)O)c1. The predicted octanol–water partition coefficient (Wildman–Crippen LogP) is 4.46. The standard InChI is InChI=1S/C18H20O2/c1-14-7-2-4-11-17(14)16-10-6-9-15(13-16)8-3-5-12-18(19)20/h2,4,6-7,9-11,13H,3,5,8,12H2,1H3,(H,19,20). The molecule has 0 saturated carbocycles. The van der Waals surface area contributed by atoms with Crippen molar-refractivity contribution in [1.29, 1.82) is 0 Å². The number of hydrogen-bond acceptors (Lipinski definition) is 1. The predicted molar refractivity (Wildman–Crippen MR) is 81.8 cm³/mol. The van der Waals surface area contributed by atoms with Gasteiger partial charge in [-0.2, -0.15) is 0 Å². The summed E-state index contributed by atoms with van der Waals surface area (Å²) in [4.78, 5) is 10.5. The topological polar surface area (TPSA) is 37.3 Å². The van der Waals surface area contributed by atoms with E-state index in [-0.39, 0.29) is 6.42 Å². The molecule has 2 aromatic carbocycles. The van der Waals surface area contributed by atoms with Crippen LogP contribution in [0.25, 0.3) is 11.1 Å². The lowest BCUT2D eigenvalue weighted by molar-refractivity contribution is -0.137. The average molecular weight is 268 g/mol. The van der Waals surface area contributed by atoms with E-state index >= 15 is 0 Å². The number of unbranched alkanes of at least 4 members (excludes halogenated alkanes) is 1. The molecule has 2 rings (SSSR count). The maximum absolute atomic E-state index is 10.5. The molecule has 0 spiro atoms. The number of carboxylic acids is 1. The fourth-order valence-electron chi connectivity index (χ4n) is 2.40. The van der Waals surface area contributed by atoms with Gasteiger partial charge < -0.3 is 5.11 Å². The highest BCUT2D eigenvalue weighted by Gasteiger charge is 2.03. The Morgan fingerprint density at radius 3 is 2.60 bits per heavy atom. The summed E-state index contributed by atoms with van der Waals surface area (Å²) in [7, 11) is 0. The van der Waals surface area contributed by atoms with E-state index in [0.29, 0.717) is 0 Å². The quantitative estimate of drug-likeness (QED) is 0.785. The van der Waals surface area contributed by atoms with Crippen molar-refractivity contribution in [3.63, 3.8) is 0 Å². The van der Waals surface area contributed by atoms with Gasteiger partial charge in [-0.3, -0.25) is 4.79 Å². The van der Waals surface area contributed by atoms with Gasteiger partial charge >= 0.3 is 5.97 Å². The molecule has 0 unspecified atom stereocenters. The smallest absolute Gasteiger partial charge is 0.303 e. The summed E-state index contributed by atoms with van der Waals surface area (Å²) in [6.07, 6.45) is 2.86. The number of rotatable bonds is 6. The van der Waals surface area contributed by atoms with Crippen molar-refractivity contribution in [3.05, 3.63) is 59.7 Å². The number of benzene rings is 2. The number of aryl methyl sites for hydroxylation is 2. The summed E-state index contributed by atoms with van der Waals surface area (Å²) < 4.78 is 0. The zero-order chi connectivity index (χ0) is 14.4. The third kappa shape index (κ3) is 3.95. The Balaban J connectivity index is 2.05. The Kier molecular flexibility index (Phi) is 4.94. The molecule has 2 aromatic rings. The summed E-state index contributed by atoms with van der Waals surface area (Å²) in [5.74, 6) is -0.710. The van der Waals surface area contributed by atoms with Gasteiger partial charge in [0.05, 0.1) is 0 Å². The minimum atomic E-state index is -0.710. The summed E-state index contributed by atoms with van der Waals surface area (Å²) in [5.41, 5.74) is 5.05. The first-order chi connectivity index (χ1) is 9.66. The van der Waals surface area contributed by atoms with E-state index in [0.717, 1.165) is 19.3 Å². The van der Waals surface area contributed by atoms with E-state index in [1.54, 1.807) is 0 Å². The van der Waals surface area contributed by atoms with Gasteiger partial charge in [-0.15, -0.1) is 0 Å². The molecular weight excluding hydrogens is 248 g/mol. The van der Waals surface area contributed by atoms with Crippen LogP contribution in [0.1, 0.15) is 30.4 Å². The van der Waals surface area contributed by atoms with Crippen LogP contribution in [0.2, 0.25) is 0 Å². The van der Waals surface area contributed by atoms with Crippen molar-refractivity contribution in [2.75, 3.05) is 0 Å². The van der Waals surface area contributed by atoms with Gasteiger partial charge in [0.2, 0.25) is 0 Å². The molecule has 0 aliphatic carbocycles. The lowest BCUT2D eigenvalue weighted by atomic mass is 9.97. The highest BCUT2D eigenvalue weighted by molar-refractivity contribution is 5.67. The molecule has 0 atom stereocenters. The van der Waals surface area contributed by atoms with Crippen molar-refractivity contribution >= 4 is 5.97 Å². The van der Waals surface area contributed by atoms with Gasteiger partial charge in [-0.1, -0.05) is 48.5 Å². The number of hydrogen-bond donors (Lipinski definition) is 1. The molecule has 104 valence electrons. The third-order valence-electron chi connectivity index (χ3n) is 3.49. The Morgan fingerprint density at radius 2 is 1.85 bits per heavy atom. The van der Waals surface area contributed by atoms with Crippen molar-refractivity contribution < 1.29 is 9.90 Å². The largest absolute Gasteiger partial charge is 0.481 e. The minimum Gasteiger partial charge on any atom is -0.481 e. The molecule has 2 nitrogen and oxygen atoms in total. The Morgan fingerprint density at radius 1 is 1.05 bits per heavy atom. The Hall–Kier alpha value is -2.09. The van der Waals surface area contributed by atoms with Gasteiger partial charge in [0.1, 0.15) is 0 Å². The average Bonchev–Trinajstić information content (AvgIpc) is 2.44. The molecule has 0 fully saturated rings. The van der Waals surface area contributed by atoms with Crippen LogP contribution >= 0.6 is 0 Å². The fourth-order valence-corrected chi connectivity index (χ4v) is 2.40. The molecule has 0 amide bonds. The summed E-state index contributed by atoms with van der Waals surface area (Å²) in [6, 6.07) is 16.9. The molecule has 0 saturated heterocycles. The van der Waals surface area contributed by atoms with Crippen LogP contribution in [0.3, 0.4) is 0 Å². The van der Waals surface area contributed by atoms with Gasteiger partial charge in [-0.25, -0.2) is 0 Å². The lowest BCUT2D eigenvalue weighted by Gasteiger charge is -2.08. The van der Waals surface area contributed by atoms with Gasteiger partial charge in [0.25, 0.3) is 0 Å². The highest BCUT2D eigenvalue weighted by atomic mass is 16.4. The van der Waals surface area contributed by atoms with E-state index in [9.17, 15) is 4.79 Å². The zero-order valence-corrected chi connectivity index (χ0v) is 11.8. The minimum absolute atomic E-state index is 0.261. The number of aliphatic carboxylic acids is 1. The van der Waals surface area contributed by atoms with Crippen LogP contribution in [0, 0.1) is 6.92 Å². The summed E-state index contributed by atoms with van der Waals surface area (Å²) >= 11 is 0. The van der Waals surface area contributed by atoms with Crippen LogP contribution in [0.5, 0.6) is 0 Å². The van der Waals surface area contributed by atoms with Crippen molar-refractivity contribution in [2.45, 2.75) is 32.6 Å². The number of carboxylic acid groups (broad SMARTS) is 1. The van der Waals surface area contributed by atoms with Gasteiger partial charge in [-0.05, 0) is 48.4 Å². The molecule has 1 N–H and O–H groups in total. The summed E-state index contributed by atoms with van der Waals surface area (Å²) in [5, 5.41) is 8.63. The molecule has 0 bridgehead atoms. The van der Waals surface area contributed by atoms with E-state index in [1.165, 1.54) is 22.3 Å². The first-order valence-corrected chi connectivity index (χ1v) is 7.03. The maximum Gasteiger partial charge on any atom is 0.303 e. The fraction of sp³-hybridized carbons (Fsp3) is 0.278. The Bertz CT molecular complexity index is 587. The van der Waals surface area contributed by atoms with E-state index < -0.39 is 5.97 Å². The molecule has 0 heterocycles. The van der Waals surface area contributed by atoms with Gasteiger partial charge in [0.15, 0.2) is 0 Å². The molecular formula is C18H20O2. The molecule has 0 aromatic heterocycles. The highest BCUT2D eigenvalue weighted by Crippen LogP contribution is 2.24. The normalized spacial score (nSPS) is 10.4. The molecule has 0 aliphatic rings. The van der Waals surface area contributed by atoms with Crippen LogP contribution in [0.4, 0.5) is 0 Å². The van der Waals surface area contributed by atoms with Crippen LogP contribution in [-0.4, -0.2) is 11.1 Å². The molecule has 2 heteroatoms. The first-order valence-electron chi connectivity index (χ1n) is 7.03. The second-order valence-corrected chi connectivity index (χ2v) is 5.12. The monoisotopic (exact) mass is 268 g/mol. The van der Waals surface area contributed by atoms with Crippen LogP contribution in [0.15, 0.2) is 48.5 Å².